The molecule has 2 saturated heterocycles. The Bertz CT molecular complexity index is 230. The van der Waals surface area contributed by atoms with E-state index in [4.69, 9.17) is 0 Å². The van der Waals surface area contributed by atoms with Crippen LogP contribution in [-0.2, 0) is 4.79 Å². The fourth-order valence-electron chi connectivity index (χ4n) is 2.51. The summed E-state index contributed by atoms with van der Waals surface area (Å²) >= 11 is 0. The lowest BCUT2D eigenvalue weighted by atomic mass is 10.1. The zero-order valence-corrected chi connectivity index (χ0v) is 10.2. The summed E-state index contributed by atoms with van der Waals surface area (Å²) in [6.45, 7) is 5.00. The molecule has 2 rings (SSSR count). The molecule has 0 unspecified atom stereocenters. The van der Waals surface area contributed by atoms with Gasteiger partial charge in [0.05, 0.1) is 0 Å². The van der Waals surface area contributed by atoms with Gasteiger partial charge in [-0.3, -0.25) is 4.79 Å². The molecule has 0 aromatic rings. The van der Waals surface area contributed by atoms with Crippen LogP contribution in [0, 0.1) is 0 Å². The summed E-state index contributed by atoms with van der Waals surface area (Å²) in [6.07, 6.45) is 4.26. The first-order valence-electron chi connectivity index (χ1n) is 6.45. The maximum atomic E-state index is 11.9. The molecule has 2 aliphatic heterocycles. The first kappa shape index (κ1) is 11.9. The standard InChI is InChI=1S/C12H23N3O/c1-14-7-9-15(10-8-14)12(16)5-4-11-3-2-6-13-11/h11,13H,2-10H2,1H3/t11-/m0/s1. The van der Waals surface area contributed by atoms with E-state index in [2.05, 4.69) is 17.3 Å². The van der Waals surface area contributed by atoms with Crippen LogP contribution in [0.4, 0.5) is 0 Å². The number of carbonyl (C=O) groups is 1. The molecule has 16 heavy (non-hydrogen) atoms. The Hall–Kier alpha value is -0.610. The number of piperazine rings is 1. The molecule has 0 radical (unpaired) electrons. The fourth-order valence-corrected chi connectivity index (χ4v) is 2.51. The van der Waals surface area contributed by atoms with Gasteiger partial charge < -0.3 is 15.1 Å². The van der Waals surface area contributed by atoms with Crippen molar-refractivity contribution in [1.82, 2.24) is 15.1 Å². The van der Waals surface area contributed by atoms with Gasteiger partial charge in [-0.1, -0.05) is 0 Å². The molecule has 1 atom stereocenters. The van der Waals surface area contributed by atoms with Crippen molar-refractivity contribution in [3.8, 4) is 0 Å². The average molecular weight is 225 g/mol. The molecule has 1 N–H and O–H groups in total. The predicted molar refractivity (Wildman–Crippen MR) is 64.3 cm³/mol. The first-order valence-corrected chi connectivity index (χ1v) is 6.45. The van der Waals surface area contributed by atoms with Gasteiger partial charge in [0.25, 0.3) is 0 Å². The van der Waals surface area contributed by atoms with Crippen molar-refractivity contribution >= 4 is 5.91 Å². The number of carbonyl (C=O) groups excluding carboxylic acids is 1. The normalized spacial score (nSPS) is 27.3. The second kappa shape index (κ2) is 5.64. The van der Waals surface area contributed by atoms with E-state index in [1.165, 1.54) is 12.8 Å². The predicted octanol–water partition coefficient (Wildman–Crippen LogP) is 0.293. The fraction of sp³-hybridized carbons (Fsp3) is 0.917. The second-order valence-corrected chi connectivity index (χ2v) is 5.02. The first-order chi connectivity index (χ1) is 7.75. The molecule has 0 aromatic carbocycles. The van der Waals surface area contributed by atoms with Crippen LogP contribution >= 0.6 is 0 Å². The lowest BCUT2D eigenvalue weighted by Gasteiger charge is -2.32. The highest BCUT2D eigenvalue weighted by molar-refractivity contribution is 5.76. The highest BCUT2D eigenvalue weighted by Gasteiger charge is 2.21. The van der Waals surface area contributed by atoms with Crippen LogP contribution in [0.5, 0.6) is 0 Å². The molecule has 4 heteroatoms. The van der Waals surface area contributed by atoms with Crippen LogP contribution in [0.3, 0.4) is 0 Å². The Morgan fingerprint density at radius 1 is 1.31 bits per heavy atom. The molecule has 0 bridgehead atoms. The average Bonchev–Trinajstić information content (AvgIpc) is 2.80. The zero-order chi connectivity index (χ0) is 11.4. The number of hydrogen-bond acceptors (Lipinski definition) is 3. The van der Waals surface area contributed by atoms with Gasteiger partial charge in [-0.2, -0.15) is 0 Å². The Kier molecular flexibility index (Phi) is 4.18. The van der Waals surface area contributed by atoms with E-state index < -0.39 is 0 Å². The van der Waals surface area contributed by atoms with Crippen LogP contribution in [0.2, 0.25) is 0 Å². The molecule has 0 saturated carbocycles. The van der Waals surface area contributed by atoms with Crippen LogP contribution in [-0.4, -0.2) is 61.5 Å². The molecule has 1 amide bonds. The number of amides is 1. The van der Waals surface area contributed by atoms with Crippen molar-refractivity contribution in [2.24, 2.45) is 0 Å². The van der Waals surface area contributed by atoms with Gasteiger partial charge in [0, 0.05) is 38.6 Å². The van der Waals surface area contributed by atoms with Crippen LogP contribution in [0.1, 0.15) is 25.7 Å². The highest BCUT2D eigenvalue weighted by Crippen LogP contribution is 2.12. The molecule has 4 nitrogen and oxygen atoms in total. The summed E-state index contributed by atoms with van der Waals surface area (Å²) in [6, 6.07) is 0.594. The van der Waals surface area contributed by atoms with E-state index in [0.717, 1.165) is 45.6 Å². The summed E-state index contributed by atoms with van der Waals surface area (Å²) < 4.78 is 0. The number of nitrogens with zero attached hydrogens (tertiary/aromatic N) is 2. The van der Waals surface area contributed by atoms with Gasteiger partial charge >= 0.3 is 0 Å². The molecular weight excluding hydrogens is 202 g/mol. The number of likely N-dealkylation sites (N-methyl/N-ethyl adjacent to an activating group) is 1. The summed E-state index contributed by atoms with van der Waals surface area (Å²) in [5.41, 5.74) is 0. The quantitative estimate of drug-likeness (QED) is 0.750. The SMILES string of the molecule is CN1CCN(C(=O)CC[C@@H]2CCCN2)CC1. The van der Waals surface area contributed by atoms with E-state index in [0.29, 0.717) is 11.9 Å². The van der Waals surface area contributed by atoms with Gasteiger partial charge in [-0.05, 0) is 32.9 Å². The van der Waals surface area contributed by atoms with Gasteiger partial charge in [-0.15, -0.1) is 0 Å². The highest BCUT2D eigenvalue weighted by atomic mass is 16.2. The topological polar surface area (TPSA) is 35.6 Å². The lowest BCUT2D eigenvalue weighted by molar-refractivity contribution is -0.132. The van der Waals surface area contributed by atoms with E-state index in [-0.39, 0.29) is 0 Å². The number of hydrogen-bond donors (Lipinski definition) is 1. The Labute approximate surface area is 98.0 Å². The Morgan fingerprint density at radius 3 is 2.69 bits per heavy atom. The smallest absolute Gasteiger partial charge is 0.222 e. The third-order valence-corrected chi connectivity index (χ3v) is 3.73. The van der Waals surface area contributed by atoms with E-state index in [1.807, 2.05) is 4.90 Å². The van der Waals surface area contributed by atoms with Crippen LogP contribution in [0.15, 0.2) is 0 Å². The monoisotopic (exact) mass is 225 g/mol. The summed E-state index contributed by atoms with van der Waals surface area (Å²) in [4.78, 5) is 16.2. The van der Waals surface area contributed by atoms with E-state index >= 15 is 0 Å². The molecule has 2 aliphatic rings. The molecule has 2 heterocycles. The minimum Gasteiger partial charge on any atom is -0.340 e. The Balaban J connectivity index is 1.67. The maximum absolute atomic E-state index is 11.9. The van der Waals surface area contributed by atoms with Gasteiger partial charge in [0.15, 0.2) is 0 Å². The van der Waals surface area contributed by atoms with Crippen molar-refractivity contribution in [2.75, 3.05) is 39.8 Å². The third-order valence-electron chi connectivity index (χ3n) is 3.73. The number of rotatable bonds is 3. The lowest BCUT2D eigenvalue weighted by Crippen LogP contribution is -2.47. The van der Waals surface area contributed by atoms with Gasteiger partial charge in [0.2, 0.25) is 5.91 Å². The van der Waals surface area contributed by atoms with Crippen molar-refractivity contribution in [3.63, 3.8) is 0 Å². The van der Waals surface area contributed by atoms with Crippen molar-refractivity contribution in [3.05, 3.63) is 0 Å². The minimum absolute atomic E-state index is 0.349. The maximum Gasteiger partial charge on any atom is 0.222 e. The molecular formula is C12H23N3O. The van der Waals surface area contributed by atoms with E-state index in [9.17, 15) is 4.79 Å². The summed E-state index contributed by atoms with van der Waals surface area (Å²) in [7, 11) is 2.12. The minimum atomic E-state index is 0.349. The molecule has 0 aliphatic carbocycles. The molecule has 0 spiro atoms. The molecule has 92 valence electrons. The third kappa shape index (κ3) is 3.19. The van der Waals surface area contributed by atoms with Crippen LogP contribution in [0.25, 0.3) is 0 Å². The number of nitrogens with one attached hydrogen (secondary N) is 1. The molecule has 2 fully saturated rings. The summed E-state index contributed by atoms with van der Waals surface area (Å²) in [5.74, 6) is 0.349. The summed E-state index contributed by atoms with van der Waals surface area (Å²) in [5, 5.41) is 3.44. The van der Waals surface area contributed by atoms with Crippen molar-refractivity contribution in [1.29, 1.82) is 0 Å². The van der Waals surface area contributed by atoms with E-state index in [1.54, 1.807) is 0 Å². The largest absolute Gasteiger partial charge is 0.340 e. The Morgan fingerprint density at radius 2 is 2.06 bits per heavy atom. The van der Waals surface area contributed by atoms with Gasteiger partial charge in [-0.25, -0.2) is 0 Å². The molecule has 0 aromatic heterocycles. The second-order valence-electron chi connectivity index (χ2n) is 5.02. The van der Waals surface area contributed by atoms with Crippen molar-refractivity contribution < 1.29 is 4.79 Å². The zero-order valence-electron chi connectivity index (χ0n) is 10.2. The van der Waals surface area contributed by atoms with Gasteiger partial charge in [0.1, 0.15) is 0 Å². The van der Waals surface area contributed by atoms with Crippen molar-refractivity contribution in [2.45, 2.75) is 31.7 Å². The van der Waals surface area contributed by atoms with Crippen LogP contribution < -0.4 is 5.32 Å².